The van der Waals surface area contributed by atoms with Crippen LogP contribution < -0.4 is 5.32 Å². The van der Waals surface area contributed by atoms with Crippen LogP contribution in [0.3, 0.4) is 0 Å². The van der Waals surface area contributed by atoms with Gasteiger partial charge in [0.25, 0.3) is 0 Å². The molecule has 0 aromatic carbocycles. The van der Waals surface area contributed by atoms with Crippen LogP contribution in [0.15, 0.2) is 12.3 Å². The zero-order chi connectivity index (χ0) is 14.6. The summed E-state index contributed by atoms with van der Waals surface area (Å²) in [5.74, 6) is 0.634. The molecule has 1 atom stereocenters. The number of aromatic nitrogens is 2. The Hall–Kier alpha value is -0.830. The molecular weight excluding hydrogens is 246 g/mol. The van der Waals surface area contributed by atoms with Crippen LogP contribution in [0.1, 0.15) is 65.1 Å². The fraction of sp³-hybridized carbons (Fsp3) is 0.824. The molecular formula is C17H31N3. The van der Waals surface area contributed by atoms with E-state index in [1.54, 1.807) is 0 Å². The lowest BCUT2D eigenvalue weighted by atomic mass is 9.78. The van der Waals surface area contributed by atoms with Gasteiger partial charge in [0.1, 0.15) is 0 Å². The highest BCUT2D eigenvalue weighted by Gasteiger charge is 2.25. The van der Waals surface area contributed by atoms with Crippen molar-refractivity contribution in [1.82, 2.24) is 15.1 Å². The van der Waals surface area contributed by atoms with Gasteiger partial charge in [0, 0.05) is 6.20 Å². The number of nitrogens with zero attached hydrogens (tertiary/aromatic N) is 2. The first kappa shape index (κ1) is 15.6. The van der Waals surface area contributed by atoms with Crippen molar-refractivity contribution in [3.63, 3.8) is 0 Å². The summed E-state index contributed by atoms with van der Waals surface area (Å²) in [4.78, 5) is 0. The standard InChI is InChI=1S/C17H31N3/c1-5-18-13-14(17(2,3)4)12-15-10-11-20(19-15)16-8-6-7-9-16/h10-11,14,16,18H,5-9,12-13H2,1-4H3. The molecule has 20 heavy (non-hydrogen) atoms. The van der Waals surface area contributed by atoms with Crippen molar-refractivity contribution in [2.75, 3.05) is 13.1 Å². The summed E-state index contributed by atoms with van der Waals surface area (Å²) < 4.78 is 2.22. The van der Waals surface area contributed by atoms with Crippen LogP contribution in [-0.2, 0) is 6.42 Å². The molecule has 1 fully saturated rings. The lowest BCUT2D eigenvalue weighted by Crippen LogP contribution is -2.33. The van der Waals surface area contributed by atoms with E-state index in [4.69, 9.17) is 5.10 Å². The normalized spacial score (nSPS) is 18.6. The zero-order valence-corrected chi connectivity index (χ0v) is 13.7. The fourth-order valence-corrected chi connectivity index (χ4v) is 3.11. The van der Waals surface area contributed by atoms with E-state index in [0.717, 1.165) is 19.5 Å². The van der Waals surface area contributed by atoms with E-state index in [9.17, 15) is 0 Å². The van der Waals surface area contributed by atoms with Gasteiger partial charge in [0.2, 0.25) is 0 Å². The van der Waals surface area contributed by atoms with E-state index in [0.29, 0.717) is 17.4 Å². The molecule has 114 valence electrons. The van der Waals surface area contributed by atoms with E-state index < -0.39 is 0 Å². The van der Waals surface area contributed by atoms with E-state index in [2.05, 4.69) is 50.0 Å². The molecule has 0 spiro atoms. The summed E-state index contributed by atoms with van der Waals surface area (Å²) in [6, 6.07) is 2.88. The molecule has 0 aliphatic heterocycles. The summed E-state index contributed by atoms with van der Waals surface area (Å²) >= 11 is 0. The molecule has 1 N–H and O–H groups in total. The Morgan fingerprint density at radius 1 is 1.35 bits per heavy atom. The zero-order valence-electron chi connectivity index (χ0n) is 13.7. The highest BCUT2D eigenvalue weighted by Crippen LogP contribution is 2.31. The highest BCUT2D eigenvalue weighted by atomic mass is 15.3. The summed E-state index contributed by atoms with van der Waals surface area (Å²) in [5, 5.41) is 8.35. The molecule has 0 radical (unpaired) electrons. The first-order valence-electron chi connectivity index (χ1n) is 8.25. The summed E-state index contributed by atoms with van der Waals surface area (Å²) in [7, 11) is 0. The van der Waals surface area contributed by atoms with Gasteiger partial charge in [-0.15, -0.1) is 0 Å². The van der Waals surface area contributed by atoms with Crippen LogP contribution in [0.4, 0.5) is 0 Å². The molecule has 3 nitrogen and oxygen atoms in total. The highest BCUT2D eigenvalue weighted by molar-refractivity contribution is 5.03. The Morgan fingerprint density at radius 3 is 2.65 bits per heavy atom. The average molecular weight is 277 g/mol. The summed E-state index contributed by atoms with van der Waals surface area (Å²) in [6.45, 7) is 11.3. The minimum absolute atomic E-state index is 0.319. The Bertz CT molecular complexity index is 397. The molecule has 1 heterocycles. The van der Waals surface area contributed by atoms with Gasteiger partial charge in [0.05, 0.1) is 11.7 Å². The van der Waals surface area contributed by atoms with Crippen molar-refractivity contribution in [2.45, 2.75) is 65.8 Å². The van der Waals surface area contributed by atoms with Crippen LogP contribution in [-0.4, -0.2) is 22.9 Å². The van der Waals surface area contributed by atoms with Gasteiger partial charge in [0.15, 0.2) is 0 Å². The minimum Gasteiger partial charge on any atom is -0.317 e. The maximum Gasteiger partial charge on any atom is 0.0628 e. The van der Waals surface area contributed by atoms with Crippen molar-refractivity contribution in [1.29, 1.82) is 0 Å². The topological polar surface area (TPSA) is 29.9 Å². The van der Waals surface area contributed by atoms with Gasteiger partial charge in [-0.25, -0.2) is 0 Å². The number of rotatable bonds is 6. The smallest absolute Gasteiger partial charge is 0.0628 e. The van der Waals surface area contributed by atoms with Gasteiger partial charge in [-0.3, -0.25) is 4.68 Å². The quantitative estimate of drug-likeness (QED) is 0.857. The Morgan fingerprint density at radius 2 is 2.05 bits per heavy atom. The predicted molar refractivity (Wildman–Crippen MR) is 84.9 cm³/mol. The van der Waals surface area contributed by atoms with Crippen molar-refractivity contribution >= 4 is 0 Å². The van der Waals surface area contributed by atoms with Crippen molar-refractivity contribution in [3.05, 3.63) is 18.0 Å². The molecule has 1 aliphatic rings. The van der Waals surface area contributed by atoms with E-state index in [1.165, 1.54) is 31.4 Å². The fourth-order valence-electron chi connectivity index (χ4n) is 3.11. The van der Waals surface area contributed by atoms with Crippen LogP contribution in [0.5, 0.6) is 0 Å². The molecule has 1 aromatic heterocycles. The van der Waals surface area contributed by atoms with E-state index in [1.807, 2.05) is 0 Å². The Balaban J connectivity index is 1.99. The van der Waals surface area contributed by atoms with Crippen LogP contribution in [0, 0.1) is 11.3 Å². The minimum atomic E-state index is 0.319. The van der Waals surface area contributed by atoms with Crippen molar-refractivity contribution < 1.29 is 0 Å². The lowest BCUT2D eigenvalue weighted by Gasteiger charge is -2.30. The van der Waals surface area contributed by atoms with Gasteiger partial charge in [-0.05, 0) is 49.8 Å². The second-order valence-corrected chi connectivity index (χ2v) is 7.30. The molecule has 1 saturated carbocycles. The molecule has 1 aromatic rings. The second kappa shape index (κ2) is 6.75. The van der Waals surface area contributed by atoms with Gasteiger partial charge < -0.3 is 5.32 Å². The maximum atomic E-state index is 4.84. The maximum absolute atomic E-state index is 4.84. The molecule has 2 rings (SSSR count). The van der Waals surface area contributed by atoms with E-state index >= 15 is 0 Å². The number of nitrogens with one attached hydrogen (secondary N) is 1. The molecule has 1 aliphatic carbocycles. The third-order valence-electron chi connectivity index (χ3n) is 4.68. The SMILES string of the molecule is CCNCC(Cc1ccn(C2CCCC2)n1)C(C)(C)C. The van der Waals surface area contributed by atoms with Crippen molar-refractivity contribution in [3.8, 4) is 0 Å². The molecule has 0 amide bonds. The van der Waals surface area contributed by atoms with E-state index in [-0.39, 0.29) is 0 Å². The van der Waals surface area contributed by atoms with Crippen LogP contribution in [0.25, 0.3) is 0 Å². The second-order valence-electron chi connectivity index (χ2n) is 7.30. The van der Waals surface area contributed by atoms with Gasteiger partial charge >= 0.3 is 0 Å². The molecule has 1 unspecified atom stereocenters. The molecule has 0 bridgehead atoms. The van der Waals surface area contributed by atoms with Crippen molar-refractivity contribution in [2.24, 2.45) is 11.3 Å². The lowest BCUT2D eigenvalue weighted by molar-refractivity contribution is 0.230. The Labute approximate surface area is 124 Å². The first-order chi connectivity index (χ1) is 9.50. The molecule has 0 saturated heterocycles. The predicted octanol–water partition coefficient (Wildman–Crippen LogP) is 3.81. The Kier molecular flexibility index (Phi) is 5.25. The largest absolute Gasteiger partial charge is 0.317 e. The van der Waals surface area contributed by atoms with Crippen LogP contribution >= 0.6 is 0 Å². The van der Waals surface area contributed by atoms with Gasteiger partial charge in [-0.1, -0.05) is 40.5 Å². The average Bonchev–Trinajstić information content (AvgIpc) is 3.03. The summed E-state index contributed by atoms with van der Waals surface area (Å²) in [6.07, 6.45) is 8.62. The third kappa shape index (κ3) is 4.08. The third-order valence-corrected chi connectivity index (χ3v) is 4.68. The monoisotopic (exact) mass is 277 g/mol. The first-order valence-corrected chi connectivity index (χ1v) is 8.25. The van der Waals surface area contributed by atoms with Crippen LogP contribution in [0.2, 0.25) is 0 Å². The number of hydrogen-bond acceptors (Lipinski definition) is 2. The number of hydrogen-bond donors (Lipinski definition) is 1. The summed E-state index contributed by atoms with van der Waals surface area (Å²) in [5.41, 5.74) is 1.58. The molecule has 3 heteroatoms. The van der Waals surface area contributed by atoms with Gasteiger partial charge in [-0.2, -0.15) is 5.10 Å².